The third-order valence-corrected chi connectivity index (χ3v) is 3.39. The van der Waals surface area contributed by atoms with Gasteiger partial charge >= 0.3 is 0 Å². The molecule has 3 N–H and O–H groups in total. The Kier molecular flexibility index (Phi) is 5.21. The van der Waals surface area contributed by atoms with Crippen molar-refractivity contribution < 1.29 is 4.79 Å². The Morgan fingerprint density at radius 1 is 1.80 bits per heavy atom. The van der Waals surface area contributed by atoms with Crippen molar-refractivity contribution in [2.75, 3.05) is 11.9 Å². The number of anilines is 1. The van der Waals surface area contributed by atoms with Crippen LogP contribution in [0.15, 0.2) is 9.98 Å². The molecule has 6 heteroatoms. The number of halogens is 1. The van der Waals surface area contributed by atoms with E-state index in [-0.39, 0.29) is 11.8 Å². The quantitative estimate of drug-likeness (QED) is 0.874. The van der Waals surface area contributed by atoms with Crippen molar-refractivity contribution in [1.29, 1.82) is 0 Å². The lowest BCUT2D eigenvalue weighted by molar-refractivity contribution is -0.119. The summed E-state index contributed by atoms with van der Waals surface area (Å²) in [6.45, 7) is 2.42. The lowest BCUT2D eigenvalue weighted by atomic mass is 10.0. The molecule has 0 bridgehead atoms. The van der Waals surface area contributed by atoms with Crippen LogP contribution in [0.3, 0.4) is 0 Å². The van der Waals surface area contributed by atoms with Gasteiger partial charge in [0.05, 0.1) is 15.9 Å². The summed E-state index contributed by atoms with van der Waals surface area (Å²) in [6.07, 6.45) is 3.43. The number of carbonyl (C=O) groups excluding carboxylic acids is 1. The molecule has 0 aliphatic carbocycles. The first kappa shape index (κ1) is 12.6. The van der Waals surface area contributed by atoms with Crippen LogP contribution >= 0.6 is 27.3 Å². The number of thiazole rings is 1. The molecule has 1 aromatic rings. The van der Waals surface area contributed by atoms with Gasteiger partial charge in [-0.1, -0.05) is 24.7 Å². The zero-order valence-corrected chi connectivity index (χ0v) is 10.9. The molecule has 1 heterocycles. The fraction of sp³-hybridized carbons (Fsp3) is 0.556. The van der Waals surface area contributed by atoms with Crippen molar-refractivity contribution in [2.45, 2.75) is 19.8 Å². The van der Waals surface area contributed by atoms with Crippen molar-refractivity contribution in [3.8, 4) is 0 Å². The predicted molar refractivity (Wildman–Crippen MR) is 65.9 cm³/mol. The Morgan fingerprint density at radius 2 is 2.53 bits per heavy atom. The average molecular weight is 292 g/mol. The molecule has 0 saturated carbocycles. The minimum absolute atomic E-state index is 0.0406. The van der Waals surface area contributed by atoms with Gasteiger partial charge in [-0.2, -0.15) is 0 Å². The summed E-state index contributed by atoms with van der Waals surface area (Å²) >= 11 is 4.68. The summed E-state index contributed by atoms with van der Waals surface area (Å²) in [5.74, 6) is -0.154. The predicted octanol–water partition coefficient (Wildman–Crippen LogP) is 2.22. The number of nitrogens with two attached hydrogens (primary N) is 1. The first-order chi connectivity index (χ1) is 7.17. The molecule has 1 amide bonds. The molecule has 1 rings (SSSR count). The number of aromatic nitrogens is 1. The number of rotatable bonds is 5. The van der Waals surface area contributed by atoms with Crippen LogP contribution in [0.4, 0.5) is 5.13 Å². The fourth-order valence-electron chi connectivity index (χ4n) is 1.22. The minimum Gasteiger partial charge on any atom is -0.330 e. The molecule has 0 aromatic carbocycles. The van der Waals surface area contributed by atoms with Crippen LogP contribution in [-0.4, -0.2) is 17.4 Å². The van der Waals surface area contributed by atoms with Crippen LogP contribution in [0.25, 0.3) is 0 Å². The van der Waals surface area contributed by atoms with Crippen LogP contribution in [0.1, 0.15) is 19.8 Å². The van der Waals surface area contributed by atoms with Crippen LogP contribution in [-0.2, 0) is 4.79 Å². The second-order valence-corrected chi connectivity index (χ2v) is 5.59. The zero-order chi connectivity index (χ0) is 11.3. The standard InChI is InChI=1S/C9H14BrN3OS/c1-2-3-6(4-11)8(14)13-9-12-5-7(10)15-9/h5-6H,2-4,11H2,1H3,(H,12,13,14). The number of carbonyl (C=O) groups is 1. The average Bonchev–Trinajstić information content (AvgIpc) is 2.60. The Morgan fingerprint density at radius 3 is 3.00 bits per heavy atom. The van der Waals surface area contributed by atoms with E-state index in [1.165, 1.54) is 11.3 Å². The SMILES string of the molecule is CCCC(CN)C(=O)Nc1ncc(Br)s1. The molecule has 0 radical (unpaired) electrons. The van der Waals surface area contributed by atoms with Gasteiger partial charge in [-0.05, 0) is 22.4 Å². The summed E-state index contributed by atoms with van der Waals surface area (Å²) in [6, 6.07) is 0. The summed E-state index contributed by atoms with van der Waals surface area (Å²) < 4.78 is 0.901. The van der Waals surface area contributed by atoms with E-state index in [2.05, 4.69) is 26.2 Å². The van der Waals surface area contributed by atoms with E-state index in [0.717, 1.165) is 16.6 Å². The molecule has 0 aliphatic rings. The van der Waals surface area contributed by atoms with E-state index >= 15 is 0 Å². The zero-order valence-electron chi connectivity index (χ0n) is 8.50. The molecule has 0 fully saturated rings. The highest BCUT2D eigenvalue weighted by molar-refractivity contribution is 9.11. The number of hydrogen-bond donors (Lipinski definition) is 2. The van der Waals surface area contributed by atoms with Crippen LogP contribution in [0.2, 0.25) is 0 Å². The monoisotopic (exact) mass is 291 g/mol. The van der Waals surface area contributed by atoms with Gasteiger partial charge < -0.3 is 11.1 Å². The fourth-order valence-corrected chi connectivity index (χ4v) is 2.33. The number of hydrogen-bond acceptors (Lipinski definition) is 4. The Labute approximate surface area is 101 Å². The van der Waals surface area contributed by atoms with Crippen molar-refractivity contribution in [1.82, 2.24) is 4.98 Å². The maximum atomic E-state index is 11.7. The van der Waals surface area contributed by atoms with Crippen LogP contribution in [0, 0.1) is 5.92 Å². The second kappa shape index (κ2) is 6.19. The molecular formula is C9H14BrN3OS. The van der Waals surface area contributed by atoms with Gasteiger partial charge in [-0.15, -0.1) is 0 Å². The highest BCUT2D eigenvalue weighted by Crippen LogP contribution is 2.23. The van der Waals surface area contributed by atoms with Gasteiger partial charge in [0, 0.05) is 6.54 Å². The first-order valence-corrected chi connectivity index (χ1v) is 6.40. The largest absolute Gasteiger partial charge is 0.330 e. The third-order valence-electron chi connectivity index (χ3n) is 2.00. The summed E-state index contributed by atoms with van der Waals surface area (Å²) in [7, 11) is 0. The van der Waals surface area contributed by atoms with E-state index in [1.807, 2.05) is 6.92 Å². The van der Waals surface area contributed by atoms with Gasteiger partial charge in [0.15, 0.2) is 5.13 Å². The van der Waals surface area contributed by atoms with Gasteiger partial charge in [0.2, 0.25) is 5.91 Å². The molecule has 0 spiro atoms. The van der Waals surface area contributed by atoms with Crippen molar-refractivity contribution >= 4 is 38.3 Å². The van der Waals surface area contributed by atoms with Gasteiger partial charge in [0.25, 0.3) is 0 Å². The van der Waals surface area contributed by atoms with E-state index in [9.17, 15) is 4.79 Å². The Hall–Kier alpha value is -0.460. The first-order valence-electron chi connectivity index (χ1n) is 4.79. The summed E-state index contributed by atoms with van der Waals surface area (Å²) in [5.41, 5.74) is 5.53. The molecule has 15 heavy (non-hydrogen) atoms. The van der Waals surface area contributed by atoms with E-state index in [1.54, 1.807) is 6.20 Å². The smallest absolute Gasteiger partial charge is 0.230 e. The maximum Gasteiger partial charge on any atom is 0.230 e. The van der Waals surface area contributed by atoms with E-state index in [0.29, 0.717) is 11.7 Å². The molecule has 0 aliphatic heterocycles. The molecule has 0 saturated heterocycles. The van der Waals surface area contributed by atoms with Crippen molar-refractivity contribution in [3.05, 3.63) is 9.98 Å². The molecular weight excluding hydrogens is 278 g/mol. The highest BCUT2D eigenvalue weighted by Gasteiger charge is 2.16. The van der Waals surface area contributed by atoms with Crippen molar-refractivity contribution in [2.24, 2.45) is 11.7 Å². The molecule has 84 valence electrons. The highest BCUT2D eigenvalue weighted by atomic mass is 79.9. The van der Waals surface area contributed by atoms with Gasteiger partial charge in [0.1, 0.15) is 0 Å². The number of amides is 1. The molecule has 1 aromatic heterocycles. The Bertz CT molecular complexity index is 329. The van der Waals surface area contributed by atoms with Crippen molar-refractivity contribution in [3.63, 3.8) is 0 Å². The topological polar surface area (TPSA) is 68.0 Å². The summed E-state index contributed by atoms with van der Waals surface area (Å²) in [4.78, 5) is 15.7. The number of nitrogens with one attached hydrogen (secondary N) is 1. The van der Waals surface area contributed by atoms with Gasteiger partial charge in [-0.3, -0.25) is 4.79 Å². The molecule has 4 nitrogen and oxygen atoms in total. The Balaban J connectivity index is 2.53. The molecule has 1 unspecified atom stereocenters. The van der Waals surface area contributed by atoms with E-state index < -0.39 is 0 Å². The number of nitrogens with zero attached hydrogens (tertiary/aromatic N) is 1. The summed E-state index contributed by atoms with van der Waals surface area (Å²) in [5, 5.41) is 3.37. The van der Waals surface area contributed by atoms with Gasteiger partial charge in [-0.25, -0.2) is 4.98 Å². The lowest BCUT2D eigenvalue weighted by Gasteiger charge is -2.11. The van der Waals surface area contributed by atoms with Crippen LogP contribution < -0.4 is 11.1 Å². The normalized spacial score (nSPS) is 12.5. The second-order valence-electron chi connectivity index (χ2n) is 3.18. The van der Waals surface area contributed by atoms with Crippen LogP contribution in [0.5, 0.6) is 0 Å². The lowest BCUT2D eigenvalue weighted by Crippen LogP contribution is -2.29. The third kappa shape index (κ3) is 3.89. The molecule has 1 atom stereocenters. The van der Waals surface area contributed by atoms with E-state index in [4.69, 9.17) is 5.73 Å². The maximum absolute atomic E-state index is 11.7. The minimum atomic E-state index is -0.113.